The molecule has 156 valence electrons. The van der Waals surface area contributed by atoms with Crippen LogP contribution in [0.5, 0.6) is 5.75 Å². The van der Waals surface area contributed by atoms with E-state index in [1.807, 2.05) is 49.4 Å². The van der Waals surface area contributed by atoms with Gasteiger partial charge in [0.15, 0.2) is 0 Å². The Labute approximate surface area is 193 Å². The molecule has 0 spiro atoms. The molecule has 0 unspecified atom stereocenters. The van der Waals surface area contributed by atoms with E-state index in [9.17, 15) is 9.59 Å². The number of benzene rings is 2. The molecule has 0 saturated carbocycles. The highest BCUT2D eigenvalue weighted by molar-refractivity contribution is 9.10. The Morgan fingerprint density at radius 1 is 1.23 bits per heavy atom. The highest BCUT2D eigenvalue weighted by Gasteiger charge is 2.32. The maximum atomic E-state index is 12.8. The van der Waals surface area contributed by atoms with Gasteiger partial charge in [-0.25, -0.2) is 0 Å². The molecule has 1 heterocycles. The molecule has 0 N–H and O–H groups in total. The van der Waals surface area contributed by atoms with E-state index in [-0.39, 0.29) is 24.8 Å². The minimum Gasteiger partial charge on any atom is -0.488 e. The van der Waals surface area contributed by atoms with Crippen LogP contribution in [0.4, 0.5) is 0 Å². The van der Waals surface area contributed by atoms with Gasteiger partial charge in [-0.15, -0.1) is 0 Å². The van der Waals surface area contributed by atoms with Gasteiger partial charge in [0, 0.05) is 16.6 Å². The number of halogens is 1. The zero-order valence-electron chi connectivity index (χ0n) is 16.5. The van der Waals surface area contributed by atoms with Crippen LogP contribution in [0.25, 0.3) is 6.08 Å². The van der Waals surface area contributed by atoms with E-state index >= 15 is 0 Å². The minimum absolute atomic E-state index is 0.0953. The fourth-order valence-electron chi connectivity index (χ4n) is 2.75. The second-order valence-corrected chi connectivity index (χ2v) is 9.21. The van der Waals surface area contributed by atoms with Gasteiger partial charge in [-0.3, -0.25) is 14.5 Å². The molecule has 1 aliphatic heterocycles. The van der Waals surface area contributed by atoms with E-state index in [1.54, 1.807) is 6.08 Å². The number of thiocarbonyl (C=S) groups is 1. The maximum absolute atomic E-state index is 12.8. The number of rotatable bonds is 7. The van der Waals surface area contributed by atoms with Crippen molar-refractivity contribution in [2.45, 2.75) is 20.0 Å². The van der Waals surface area contributed by atoms with Gasteiger partial charge in [0.1, 0.15) is 16.7 Å². The van der Waals surface area contributed by atoms with Crippen LogP contribution in [0.3, 0.4) is 0 Å². The minimum atomic E-state index is -0.383. The van der Waals surface area contributed by atoms with E-state index in [1.165, 1.54) is 29.3 Å². The number of carbonyl (C=O) groups excluding carboxylic acids is 2. The summed E-state index contributed by atoms with van der Waals surface area (Å²) in [5.74, 6) is 0.0591. The molecule has 1 fully saturated rings. The number of methoxy groups -OCH3 is 1. The third-order valence-corrected chi connectivity index (χ3v) is 6.29. The first-order valence-corrected chi connectivity index (χ1v) is 11.2. The lowest BCUT2D eigenvalue weighted by Gasteiger charge is -2.13. The van der Waals surface area contributed by atoms with Crippen molar-refractivity contribution in [2.75, 3.05) is 13.7 Å². The van der Waals surface area contributed by atoms with Crippen molar-refractivity contribution in [1.82, 2.24) is 4.90 Å². The zero-order valence-corrected chi connectivity index (χ0v) is 19.7. The monoisotopic (exact) mass is 505 g/mol. The van der Waals surface area contributed by atoms with Crippen LogP contribution in [0.2, 0.25) is 0 Å². The van der Waals surface area contributed by atoms with Gasteiger partial charge in [0.25, 0.3) is 5.91 Å². The summed E-state index contributed by atoms with van der Waals surface area (Å²) < 4.78 is 12.0. The first-order valence-electron chi connectivity index (χ1n) is 9.17. The number of hydrogen-bond donors (Lipinski definition) is 0. The van der Waals surface area contributed by atoms with Crippen molar-refractivity contribution in [1.29, 1.82) is 0 Å². The second-order valence-electron chi connectivity index (χ2n) is 6.62. The lowest BCUT2D eigenvalue weighted by molar-refractivity contribution is -0.140. The van der Waals surface area contributed by atoms with Gasteiger partial charge in [-0.1, -0.05) is 69.7 Å². The highest BCUT2D eigenvalue weighted by Crippen LogP contribution is 2.35. The molecule has 0 aromatic heterocycles. The summed E-state index contributed by atoms with van der Waals surface area (Å²) in [6.07, 6.45) is 1.87. The quantitative estimate of drug-likeness (QED) is 0.296. The summed E-state index contributed by atoms with van der Waals surface area (Å²) in [4.78, 5) is 26.1. The molecule has 2 aromatic carbocycles. The molecule has 1 aliphatic rings. The van der Waals surface area contributed by atoms with Crippen LogP contribution in [0.1, 0.15) is 23.1 Å². The van der Waals surface area contributed by atoms with Crippen molar-refractivity contribution >= 4 is 62.2 Å². The second kappa shape index (κ2) is 10.2. The van der Waals surface area contributed by atoms with Crippen molar-refractivity contribution in [3.8, 4) is 5.75 Å². The van der Waals surface area contributed by atoms with Gasteiger partial charge in [0.2, 0.25) is 0 Å². The van der Waals surface area contributed by atoms with E-state index in [0.29, 0.717) is 21.6 Å². The molecule has 1 saturated heterocycles. The fourth-order valence-corrected chi connectivity index (χ4v) is 4.43. The summed E-state index contributed by atoms with van der Waals surface area (Å²) in [7, 11) is 1.32. The Hall–Kier alpha value is -2.16. The lowest BCUT2D eigenvalue weighted by atomic mass is 10.1. The van der Waals surface area contributed by atoms with Crippen molar-refractivity contribution < 1.29 is 19.1 Å². The number of hydrogen-bond acceptors (Lipinski definition) is 6. The van der Waals surface area contributed by atoms with E-state index in [0.717, 1.165) is 15.6 Å². The number of ether oxygens (including phenoxy) is 2. The van der Waals surface area contributed by atoms with Gasteiger partial charge in [-0.05, 0) is 36.8 Å². The van der Waals surface area contributed by atoms with Gasteiger partial charge >= 0.3 is 5.97 Å². The van der Waals surface area contributed by atoms with Gasteiger partial charge in [0.05, 0.1) is 18.4 Å². The highest BCUT2D eigenvalue weighted by atomic mass is 79.9. The maximum Gasteiger partial charge on any atom is 0.307 e. The predicted molar refractivity (Wildman–Crippen MR) is 126 cm³/mol. The van der Waals surface area contributed by atoms with Crippen LogP contribution in [-0.4, -0.2) is 34.8 Å². The molecule has 0 atom stereocenters. The van der Waals surface area contributed by atoms with Crippen LogP contribution in [-0.2, 0) is 20.9 Å². The number of esters is 1. The first kappa shape index (κ1) is 22.5. The Balaban J connectivity index is 1.78. The normalized spacial score (nSPS) is 15.0. The van der Waals surface area contributed by atoms with Crippen LogP contribution < -0.4 is 4.74 Å². The smallest absolute Gasteiger partial charge is 0.307 e. The van der Waals surface area contributed by atoms with Crippen LogP contribution >= 0.6 is 39.9 Å². The SMILES string of the molecule is COC(=O)CCN1C(=O)/C(=C\c2cc(Br)ccc2OCc2ccc(C)cc2)SC1=S. The molecule has 1 amide bonds. The van der Waals surface area contributed by atoms with E-state index < -0.39 is 0 Å². The number of aryl methyl sites for hydroxylation is 1. The predicted octanol–water partition coefficient (Wildman–Crippen LogP) is 5.10. The van der Waals surface area contributed by atoms with Crippen molar-refractivity contribution in [3.63, 3.8) is 0 Å². The average molecular weight is 506 g/mol. The zero-order chi connectivity index (χ0) is 21.7. The molecule has 3 rings (SSSR count). The fraction of sp³-hybridized carbons (Fsp3) is 0.227. The average Bonchev–Trinajstić information content (AvgIpc) is 2.99. The Bertz CT molecular complexity index is 1000. The summed E-state index contributed by atoms with van der Waals surface area (Å²) in [6, 6.07) is 13.8. The number of nitrogens with zero attached hydrogens (tertiary/aromatic N) is 1. The molecule has 0 radical (unpaired) electrons. The van der Waals surface area contributed by atoms with E-state index in [4.69, 9.17) is 17.0 Å². The number of amides is 1. The van der Waals surface area contributed by atoms with Gasteiger partial charge < -0.3 is 9.47 Å². The third kappa shape index (κ3) is 5.71. The molecule has 2 aromatic rings. The van der Waals surface area contributed by atoms with E-state index in [2.05, 4.69) is 20.7 Å². The lowest BCUT2D eigenvalue weighted by Crippen LogP contribution is -2.30. The molecule has 30 heavy (non-hydrogen) atoms. The van der Waals surface area contributed by atoms with Gasteiger partial charge in [-0.2, -0.15) is 0 Å². The molecule has 5 nitrogen and oxygen atoms in total. The third-order valence-electron chi connectivity index (χ3n) is 4.41. The summed E-state index contributed by atoms with van der Waals surface area (Å²) in [6.45, 7) is 2.66. The molecule has 0 aliphatic carbocycles. The first-order chi connectivity index (χ1) is 14.4. The molecule has 0 bridgehead atoms. The summed E-state index contributed by atoms with van der Waals surface area (Å²) >= 11 is 10.0. The molecular formula is C22H20BrNO4S2. The topological polar surface area (TPSA) is 55.8 Å². The van der Waals surface area contributed by atoms with Crippen LogP contribution in [0, 0.1) is 6.92 Å². The molecule has 8 heteroatoms. The van der Waals surface area contributed by atoms with Crippen molar-refractivity contribution in [3.05, 3.63) is 68.5 Å². The Morgan fingerprint density at radius 3 is 2.67 bits per heavy atom. The van der Waals surface area contributed by atoms with Crippen molar-refractivity contribution in [2.24, 2.45) is 0 Å². The number of carbonyl (C=O) groups is 2. The molecular weight excluding hydrogens is 486 g/mol. The Morgan fingerprint density at radius 2 is 1.97 bits per heavy atom. The Kier molecular flexibility index (Phi) is 7.69. The standard InChI is InChI=1S/C22H20BrNO4S2/c1-14-3-5-15(6-4-14)13-28-18-8-7-17(23)11-16(18)12-19-21(26)24(22(29)30-19)10-9-20(25)27-2/h3-8,11-12H,9-10,13H2,1-2H3/b19-12+. The summed E-state index contributed by atoms with van der Waals surface area (Å²) in [5.41, 5.74) is 3.02. The van der Waals surface area contributed by atoms with Crippen LogP contribution in [0.15, 0.2) is 51.8 Å². The largest absolute Gasteiger partial charge is 0.488 e. The number of thioether (sulfide) groups is 1. The summed E-state index contributed by atoms with van der Waals surface area (Å²) in [5, 5.41) is 0.